The Bertz CT molecular complexity index is 510. The summed E-state index contributed by atoms with van der Waals surface area (Å²) in [5.74, 6) is 1.71. The number of likely N-dealkylation sites (tertiary alicyclic amines) is 1. The number of hydrogen-bond acceptors (Lipinski definition) is 3. The Hall–Kier alpha value is -0.580. The van der Waals surface area contributed by atoms with Gasteiger partial charge in [-0.1, -0.05) is 29.8 Å². The van der Waals surface area contributed by atoms with Crippen molar-refractivity contribution in [2.24, 2.45) is 11.7 Å². The molecule has 1 saturated heterocycles. The molecule has 2 heterocycles. The van der Waals surface area contributed by atoms with Gasteiger partial charge in [-0.25, -0.2) is 0 Å². The summed E-state index contributed by atoms with van der Waals surface area (Å²) in [5.41, 5.74) is 7.51. The second kappa shape index (κ2) is 5.90. The SMILES string of the molecule is CC(C)CN1CCC2(CC1)CC(N)c1cc(Br)ccc1O2. The molecule has 1 fully saturated rings. The molecule has 0 amide bonds. The minimum atomic E-state index is -0.0479. The van der Waals surface area contributed by atoms with Crippen LogP contribution >= 0.6 is 15.9 Å². The molecule has 1 atom stereocenters. The molecule has 1 spiro atoms. The average Bonchev–Trinajstić information content (AvgIpc) is 2.42. The van der Waals surface area contributed by atoms with E-state index in [0.29, 0.717) is 0 Å². The quantitative estimate of drug-likeness (QED) is 0.881. The molecule has 2 N–H and O–H groups in total. The van der Waals surface area contributed by atoms with Crippen LogP contribution in [0.2, 0.25) is 0 Å². The van der Waals surface area contributed by atoms with Gasteiger partial charge in [-0.05, 0) is 37.0 Å². The Kier molecular flexibility index (Phi) is 4.30. The molecule has 2 aliphatic rings. The molecule has 1 aromatic carbocycles. The van der Waals surface area contributed by atoms with Gasteiger partial charge in [0.25, 0.3) is 0 Å². The van der Waals surface area contributed by atoms with Crippen LogP contribution < -0.4 is 10.5 Å². The van der Waals surface area contributed by atoms with E-state index in [-0.39, 0.29) is 11.6 Å². The number of nitrogens with two attached hydrogens (primary N) is 1. The molecule has 0 aromatic heterocycles. The minimum Gasteiger partial charge on any atom is -0.487 e. The third-order valence-corrected chi connectivity index (χ3v) is 5.17. The second-order valence-corrected chi connectivity index (χ2v) is 7.89. The van der Waals surface area contributed by atoms with Crippen LogP contribution in [0.4, 0.5) is 0 Å². The zero-order valence-corrected chi connectivity index (χ0v) is 14.5. The number of benzene rings is 1. The van der Waals surface area contributed by atoms with E-state index in [0.717, 1.165) is 54.1 Å². The van der Waals surface area contributed by atoms with E-state index in [1.165, 1.54) is 6.54 Å². The highest BCUT2D eigenvalue weighted by Crippen LogP contribution is 2.44. The zero-order chi connectivity index (χ0) is 15.0. The topological polar surface area (TPSA) is 38.5 Å². The van der Waals surface area contributed by atoms with Gasteiger partial charge in [0.05, 0.1) is 0 Å². The van der Waals surface area contributed by atoms with Crippen molar-refractivity contribution < 1.29 is 4.74 Å². The van der Waals surface area contributed by atoms with Crippen molar-refractivity contribution in [1.29, 1.82) is 0 Å². The Morgan fingerprint density at radius 3 is 2.76 bits per heavy atom. The number of ether oxygens (including phenoxy) is 1. The fourth-order valence-corrected chi connectivity index (χ4v) is 4.03. The highest BCUT2D eigenvalue weighted by atomic mass is 79.9. The number of fused-ring (bicyclic) bond motifs is 1. The van der Waals surface area contributed by atoms with Crippen LogP contribution in [0.5, 0.6) is 5.75 Å². The van der Waals surface area contributed by atoms with Crippen molar-refractivity contribution in [1.82, 2.24) is 4.90 Å². The Morgan fingerprint density at radius 2 is 2.10 bits per heavy atom. The van der Waals surface area contributed by atoms with Crippen molar-refractivity contribution in [3.8, 4) is 5.75 Å². The Balaban J connectivity index is 1.73. The highest BCUT2D eigenvalue weighted by Gasteiger charge is 2.42. The molecule has 0 saturated carbocycles. The molecule has 0 aliphatic carbocycles. The monoisotopic (exact) mass is 352 g/mol. The number of piperidine rings is 1. The van der Waals surface area contributed by atoms with E-state index in [4.69, 9.17) is 10.5 Å². The maximum absolute atomic E-state index is 6.42. The lowest BCUT2D eigenvalue weighted by Gasteiger charge is -2.46. The van der Waals surface area contributed by atoms with Crippen molar-refractivity contribution in [3.63, 3.8) is 0 Å². The minimum absolute atomic E-state index is 0.0479. The van der Waals surface area contributed by atoms with Crippen LogP contribution in [0.15, 0.2) is 22.7 Å². The first-order valence-corrected chi connectivity index (χ1v) is 8.73. The van der Waals surface area contributed by atoms with Gasteiger partial charge in [0.15, 0.2) is 0 Å². The summed E-state index contributed by atoms with van der Waals surface area (Å²) >= 11 is 3.52. The second-order valence-electron chi connectivity index (χ2n) is 6.97. The molecule has 4 heteroatoms. The van der Waals surface area contributed by atoms with E-state index in [9.17, 15) is 0 Å². The van der Waals surface area contributed by atoms with Crippen molar-refractivity contribution >= 4 is 15.9 Å². The largest absolute Gasteiger partial charge is 0.487 e. The van der Waals surface area contributed by atoms with E-state index in [1.54, 1.807) is 0 Å². The summed E-state index contributed by atoms with van der Waals surface area (Å²) < 4.78 is 7.48. The summed E-state index contributed by atoms with van der Waals surface area (Å²) in [7, 11) is 0. The van der Waals surface area contributed by atoms with Crippen molar-refractivity contribution in [3.05, 3.63) is 28.2 Å². The van der Waals surface area contributed by atoms with Crippen LogP contribution in [0, 0.1) is 5.92 Å². The lowest BCUT2D eigenvalue weighted by Crippen LogP contribution is -2.51. The maximum Gasteiger partial charge on any atom is 0.124 e. The van der Waals surface area contributed by atoms with Crippen LogP contribution in [-0.4, -0.2) is 30.1 Å². The van der Waals surface area contributed by atoms with Gasteiger partial charge < -0.3 is 15.4 Å². The Labute approximate surface area is 136 Å². The van der Waals surface area contributed by atoms with Gasteiger partial charge in [-0.3, -0.25) is 0 Å². The third kappa shape index (κ3) is 3.27. The van der Waals surface area contributed by atoms with Crippen molar-refractivity contribution in [2.45, 2.75) is 44.8 Å². The standard InChI is InChI=1S/C17H25BrN2O/c1-12(2)11-20-7-5-17(6-8-20)10-15(19)14-9-13(18)3-4-16(14)21-17/h3-4,9,12,15H,5-8,10-11,19H2,1-2H3. The first kappa shape index (κ1) is 15.3. The van der Waals surface area contributed by atoms with Gasteiger partial charge in [-0.2, -0.15) is 0 Å². The lowest BCUT2D eigenvalue weighted by molar-refractivity contribution is -0.0236. The normalized spacial score (nSPS) is 24.9. The number of halogens is 1. The maximum atomic E-state index is 6.42. The van der Waals surface area contributed by atoms with E-state index < -0.39 is 0 Å². The first-order chi connectivity index (χ1) is 9.97. The molecule has 116 valence electrons. The molecule has 21 heavy (non-hydrogen) atoms. The van der Waals surface area contributed by atoms with E-state index in [1.807, 2.05) is 6.07 Å². The molecule has 0 bridgehead atoms. The van der Waals surface area contributed by atoms with Crippen LogP contribution in [0.3, 0.4) is 0 Å². The number of nitrogens with zero attached hydrogens (tertiary/aromatic N) is 1. The summed E-state index contributed by atoms with van der Waals surface area (Å²) in [6.07, 6.45) is 3.11. The molecular weight excluding hydrogens is 328 g/mol. The molecular formula is C17H25BrN2O. The van der Waals surface area contributed by atoms with Gasteiger partial charge >= 0.3 is 0 Å². The van der Waals surface area contributed by atoms with Crippen LogP contribution in [-0.2, 0) is 0 Å². The smallest absolute Gasteiger partial charge is 0.124 e. The summed E-state index contributed by atoms with van der Waals surface area (Å²) in [6.45, 7) is 8.00. The van der Waals surface area contributed by atoms with Gasteiger partial charge in [0, 0.05) is 42.1 Å². The van der Waals surface area contributed by atoms with Gasteiger partial charge in [0.1, 0.15) is 11.4 Å². The molecule has 3 rings (SSSR count). The molecule has 3 nitrogen and oxygen atoms in total. The number of rotatable bonds is 2. The summed E-state index contributed by atoms with van der Waals surface area (Å²) in [4.78, 5) is 2.56. The predicted molar refractivity (Wildman–Crippen MR) is 89.6 cm³/mol. The van der Waals surface area contributed by atoms with Crippen LogP contribution in [0.25, 0.3) is 0 Å². The molecule has 0 radical (unpaired) electrons. The fraction of sp³-hybridized carbons (Fsp3) is 0.647. The third-order valence-electron chi connectivity index (χ3n) is 4.68. The summed E-state index contributed by atoms with van der Waals surface area (Å²) in [5, 5.41) is 0. The molecule has 1 aromatic rings. The molecule has 2 aliphatic heterocycles. The average molecular weight is 353 g/mol. The van der Waals surface area contributed by atoms with E-state index in [2.05, 4.69) is 46.8 Å². The zero-order valence-electron chi connectivity index (χ0n) is 12.9. The lowest BCUT2D eigenvalue weighted by atomic mass is 9.81. The number of hydrogen-bond donors (Lipinski definition) is 1. The molecule has 1 unspecified atom stereocenters. The highest BCUT2D eigenvalue weighted by molar-refractivity contribution is 9.10. The first-order valence-electron chi connectivity index (χ1n) is 7.94. The van der Waals surface area contributed by atoms with Gasteiger partial charge in [0.2, 0.25) is 0 Å². The van der Waals surface area contributed by atoms with Crippen LogP contribution in [0.1, 0.15) is 44.7 Å². The van der Waals surface area contributed by atoms with Crippen molar-refractivity contribution in [2.75, 3.05) is 19.6 Å². The van der Waals surface area contributed by atoms with E-state index >= 15 is 0 Å². The Morgan fingerprint density at radius 1 is 1.38 bits per heavy atom. The van der Waals surface area contributed by atoms with Gasteiger partial charge in [-0.15, -0.1) is 0 Å². The predicted octanol–water partition coefficient (Wildman–Crippen LogP) is 3.72. The summed E-state index contributed by atoms with van der Waals surface area (Å²) in [6, 6.07) is 6.28. The fourth-order valence-electron chi connectivity index (χ4n) is 3.65.